The Morgan fingerprint density at radius 2 is 2.08 bits per heavy atom. The second kappa shape index (κ2) is 7.62. The molecule has 1 aliphatic heterocycles. The molecule has 1 aromatic heterocycles. The Labute approximate surface area is 148 Å². The minimum Gasteiger partial charge on any atom is -0.487 e. The molecule has 0 aliphatic carbocycles. The Hall–Kier alpha value is -2.46. The number of benzene rings is 1. The van der Waals surface area contributed by atoms with E-state index in [0.717, 1.165) is 6.07 Å². The number of hydrogen-bond acceptors (Lipinski definition) is 5. The number of nitriles is 1. The van der Waals surface area contributed by atoms with E-state index in [4.69, 9.17) is 21.6 Å². The summed E-state index contributed by atoms with van der Waals surface area (Å²) in [6.45, 7) is 1.30. The number of nitrogens with zero attached hydrogens (tertiary/aromatic N) is 4. The lowest BCUT2D eigenvalue weighted by molar-refractivity contribution is 0.163. The average Bonchev–Trinajstić information content (AvgIpc) is 2.60. The van der Waals surface area contributed by atoms with E-state index in [9.17, 15) is 8.78 Å². The van der Waals surface area contributed by atoms with Gasteiger partial charge in [0.2, 0.25) is 0 Å². The molecule has 25 heavy (non-hydrogen) atoms. The fourth-order valence-electron chi connectivity index (χ4n) is 2.68. The first-order valence-electron chi connectivity index (χ1n) is 7.82. The topological polar surface area (TPSA) is 62.0 Å². The molecular weight excluding hydrogens is 350 g/mol. The number of anilines is 1. The molecule has 2 aromatic rings. The number of aromatic nitrogens is 2. The smallest absolute Gasteiger partial charge is 0.167 e. The Morgan fingerprint density at radius 1 is 1.32 bits per heavy atom. The molecular formula is C17H15ClF2N4O. The lowest BCUT2D eigenvalue weighted by atomic mass is 10.1. The first-order chi connectivity index (χ1) is 12.1. The maximum Gasteiger partial charge on any atom is 0.167 e. The summed E-state index contributed by atoms with van der Waals surface area (Å²) >= 11 is 6.05. The van der Waals surface area contributed by atoms with Crippen molar-refractivity contribution in [3.63, 3.8) is 0 Å². The summed E-state index contributed by atoms with van der Waals surface area (Å²) in [6.07, 6.45) is 2.88. The van der Waals surface area contributed by atoms with Crippen LogP contribution >= 0.6 is 11.6 Å². The van der Waals surface area contributed by atoms with Crippen molar-refractivity contribution < 1.29 is 13.5 Å². The third-order valence-corrected chi connectivity index (χ3v) is 4.29. The normalized spacial score (nSPS) is 15.0. The van der Waals surface area contributed by atoms with Crippen molar-refractivity contribution in [1.29, 1.82) is 5.26 Å². The third kappa shape index (κ3) is 4.15. The predicted octanol–water partition coefficient (Wildman–Crippen LogP) is 3.52. The zero-order valence-electron chi connectivity index (χ0n) is 13.3. The molecule has 0 spiro atoms. The molecule has 0 unspecified atom stereocenters. The van der Waals surface area contributed by atoms with E-state index in [2.05, 4.69) is 9.97 Å². The highest BCUT2D eigenvalue weighted by Crippen LogP contribution is 2.25. The lowest BCUT2D eigenvalue weighted by Crippen LogP contribution is -2.39. The van der Waals surface area contributed by atoms with Crippen LogP contribution in [0, 0.1) is 23.0 Å². The monoisotopic (exact) mass is 364 g/mol. The van der Waals surface area contributed by atoms with Crippen LogP contribution in [0.3, 0.4) is 0 Å². The Morgan fingerprint density at radius 3 is 2.72 bits per heavy atom. The molecule has 1 aromatic carbocycles. The van der Waals surface area contributed by atoms with E-state index in [-0.39, 0.29) is 23.4 Å². The van der Waals surface area contributed by atoms with Crippen molar-refractivity contribution in [3.8, 4) is 11.8 Å². The fraction of sp³-hybridized carbons (Fsp3) is 0.353. The second-order valence-corrected chi connectivity index (χ2v) is 6.04. The molecule has 0 amide bonds. The van der Waals surface area contributed by atoms with Gasteiger partial charge in [0.25, 0.3) is 0 Å². The van der Waals surface area contributed by atoms with Crippen molar-refractivity contribution in [1.82, 2.24) is 9.97 Å². The van der Waals surface area contributed by atoms with Gasteiger partial charge in [-0.15, -0.1) is 0 Å². The molecule has 1 fully saturated rings. The van der Waals surface area contributed by atoms with E-state index >= 15 is 0 Å². The Bertz CT molecular complexity index is 804. The van der Waals surface area contributed by atoms with Gasteiger partial charge < -0.3 is 9.64 Å². The number of halogens is 3. The Balaban J connectivity index is 1.60. The predicted molar refractivity (Wildman–Crippen MR) is 88.6 cm³/mol. The molecule has 3 rings (SSSR count). The Kier molecular flexibility index (Phi) is 5.29. The van der Waals surface area contributed by atoms with Crippen LogP contribution in [0.4, 0.5) is 14.6 Å². The highest BCUT2D eigenvalue weighted by molar-refractivity contribution is 6.30. The van der Waals surface area contributed by atoms with E-state index in [1.165, 1.54) is 12.1 Å². The highest BCUT2D eigenvalue weighted by Gasteiger charge is 2.23. The molecule has 0 atom stereocenters. The minimum atomic E-state index is -0.701. The van der Waals surface area contributed by atoms with E-state index in [1.807, 2.05) is 11.0 Å². The van der Waals surface area contributed by atoms with Crippen molar-refractivity contribution in [3.05, 3.63) is 46.9 Å². The number of piperidine rings is 1. The van der Waals surface area contributed by atoms with Crippen LogP contribution in [0.25, 0.3) is 0 Å². The molecule has 0 saturated carbocycles. The third-order valence-electron chi connectivity index (χ3n) is 3.99. The van der Waals surface area contributed by atoms with E-state index in [0.29, 0.717) is 37.4 Å². The summed E-state index contributed by atoms with van der Waals surface area (Å²) in [5.74, 6) is -0.634. The van der Waals surface area contributed by atoms with Gasteiger partial charge >= 0.3 is 0 Å². The van der Waals surface area contributed by atoms with Crippen LogP contribution in [-0.2, 0) is 6.42 Å². The number of rotatable bonds is 4. The molecule has 8 heteroatoms. The SMILES string of the molecule is N#CCc1ncc(N2CCC(Oc3ccc(F)cc3F)CC2)nc1Cl. The van der Waals surface area contributed by atoms with Gasteiger partial charge in [-0.25, -0.2) is 13.8 Å². The largest absolute Gasteiger partial charge is 0.487 e. The molecule has 1 saturated heterocycles. The first-order valence-corrected chi connectivity index (χ1v) is 8.19. The van der Waals surface area contributed by atoms with Gasteiger partial charge in [-0.1, -0.05) is 11.6 Å². The van der Waals surface area contributed by atoms with Crippen molar-refractivity contribution >= 4 is 17.4 Å². The van der Waals surface area contributed by atoms with Crippen molar-refractivity contribution in [2.75, 3.05) is 18.0 Å². The van der Waals surface area contributed by atoms with Gasteiger partial charge in [0.1, 0.15) is 17.7 Å². The van der Waals surface area contributed by atoms with E-state index in [1.54, 1.807) is 6.20 Å². The van der Waals surface area contributed by atoms with Gasteiger partial charge in [0.05, 0.1) is 24.4 Å². The van der Waals surface area contributed by atoms with Crippen LogP contribution < -0.4 is 9.64 Å². The van der Waals surface area contributed by atoms with Crippen LogP contribution in [0.15, 0.2) is 24.4 Å². The fourth-order valence-corrected chi connectivity index (χ4v) is 2.88. The van der Waals surface area contributed by atoms with Crippen LogP contribution in [0.1, 0.15) is 18.5 Å². The van der Waals surface area contributed by atoms with E-state index < -0.39 is 11.6 Å². The van der Waals surface area contributed by atoms with Crippen LogP contribution in [0.5, 0.6) is 5.75 Å². The maximum atomic E-state index is 13.7. The van der Waals surface area contributed by atoms with Gasteiger partial charge in [-0.05, 0) is 12.1 Å². The molecule has 2 heterocycles. The summed E-state index contributed by atoms with van der Waals surface area (Å²) in [6, 6.07) is 5.28. The van der Waals surface area contributed by atoms with Crippen LogP contribution in [-0.4, -0.2) is 29.2 Å². The summed E-state index contributed by atoms with van der Waals surface area (Å²) in [5, 5.41) is 8.93. The summed E-state index contributed by atoms with van der Waals surface area (Å²) in [4.78, 5) is 10.5. The number of ether oxygens (including phenoxy) is 1. The standard InChI is InChI=1S/C17H15ClF2N4O/c18-17-14(3-6-21)22-10-16(23-17)24-7-4-12(5-8-24)25-15-2-1-11(19)9-13(15)20/h1-2,9-10,12H,3-5,7-8H2. The first kappa shape index (κ1) is 17.4. The van der Waals surface area contributed by atoms with Gasteiger partial charge in [0, 0.05) is 32.0 Å². The minimum absolute atomic E-state index is 0.0588. The molecule has 130 valence electrons. The molecule has 0 radical (unpaired) electrons. The van der Waals surface area contributed by atoms with Crippen molar-refractivity contribution in [2.45, 2.75) is 25.4 Å². The van der Waals surface area contributed by atoms with Gasteiger partial charge in [-0.3, -0.25) is 4.98 Å². The van der Waals surface area contributed by atoms with Crippen molar-refractivity contribution in [2.24, 2.45) is 0 Å². The zero-order chi connectivity index (χ0) is 17.8. The van der Waals surface area contributed by atoms with Gasteiger partial charge in [-0.2, -0.15) is 5.26 Å². The maximum absolute atomic E-state index is 13.7. The number of hydrogen-bond donors (Lipinski definition) is 0. The highest BCUT2D eigenvalue weighted by atomic mass is 35.5. The summed E-state index contributed by atoms with van der Waals surface area (Å²) in [5.41, 5.74) is 0.456. The lowest BCUT2D eigenvalue weighted by Gasteiger charge is -2.32. The van der Waals surface area contributed by atoms with Crippen LogP contribution in [0.2, 0.25) is 5.15 Å². The second-order valence-electron chi connectivity index (χ2n) is 5.68. The average molecular weight is 365 g/mol. The quantitative estimate of drug-likeness (QED) is 0.830. The summed E-state index contributed by atoms with van der Waals surface area (Å²) in [7, 11) is 0. The molecule has 0 bridgehead atoms. The summed E-state index contributed by atoms with van der Waals surface area (Å²) < 4.78 is 32.2. The zero-order valence-corrected chi connectivity index (χ0v) is 14.0. The molecule has 5 nitrogen and oxygen atoms in total. The van der Waals surface area contributed by atoms with Gasteiger partial charge in [0.15, 0.2) is 16.7 Å². The molecule has 1 aliphatic rings. The molecule has 0 N–H and O–H groups in total.